The third-order valence-corrected chi connectivity index (χ3v) is 2.47. The largest absolute Gasteiger partial charge is 0.381 e. The van der Waals surface area contributed by atoms with Gasteiger partial charge in [0, 0.05) is 12.7 Å². The molecule has 4 N–H and O–H groups in total. The fourth-order valence-corrected chi connectivity index (χ4v) is 1.23. The van der Waals surface area contributed by atoms with Crippen LogP contribution < -0.4 is 11.1 Å². The molecule has 8 heteroatoms. The molecule has 2 amide bonds. The molecule has 0 radical (unpaired) electrons. The van der Waals surface area contributed by atoms with Crippen LogP contribution in [0.2, 0.25) is 0 Å². The topological polar surface area (TPSA) is 127 Å². The van der Waals surface area contributed by atoms with Gasteiger partial charge >= 0.3 is 0 Å². The van der Waals surface area contributed by atoms with Crippen LogP contribution in [0.1, 0.15) is 6.42 Å². The first-order valence-corrected chi connectivity index (χ1v) is 6.20. The molecule has 0 bridgehead atoms. The van der Waals surface area contributed by atoms with Crippen molar-refractivity contribution >= 4 is 21.7 Å². The molecule has 0 aliphatic rings. The number of aliphatic hydroxyl groups is 1. The number of primary amides is 1. The lowest BCUT2D eigenvalue weighted by atomic mass is 10.3. The zero-order chi connectivity index (χ0) is 12.1. The zero-order valence-electron chi connectivity index (χ0n) is 8.26. The van der Waals surface area contributed by atoms with Crippen molar-refractivity contribution in [2.24, 2.45) is 5.73 Å². The Balaban J connectivity index is 3.82. The number of nitrogens with two attached hydrogens (primary N) is 1. The van der Waals surface area contributed by atoms with Gasteiger partial charge in [0.25, 0.3) is 0 Å². The molecule has 0 aliphatic heterocycles. The Bertz CT molecular complexity index is 337. The zero-order valence-corrected chi connectivity index (χ0v) is 9.08. The van der Waals surface area contributed by atoms with Gasteiger partial charge in [-0.15, -0.1) is 0 Å². The van der Waals surface area contributed by atoms with E-state index in [0.29, 0.717) is 0 Å². The molecule has 0 rings (SSSR count). The molecule has 0 heterocycles. The number of nitrogens with one attached hydrogen (secondary N) is 1. The van der Waals surface area contributed by atoms with Gasteiger partial charge in [-0.05, 0) is 0 Å². The van der Waals surface area contributed by atoms with Crippen molar-refractivity contribution in [3.8, 4) is 0 Å². The van der Waals surface area contributed by atoms with E-state index >= 15 is 0 Å². The van der Waals surface area contributed by atoms with E-state index in [-0.39, 0.29) is 18.7 Å². The molecule has 0 fully saturated rings. The number of hydrogen-bond acceptors (Lipinski definition) is 5. The second kappa shape index (κ2) is 5.66. The number of carbonyl (C=O) groups is 2. The smallest absolute Gasteiger partial charge is 0.248 e. The lowest BCUT2D eigenvalue weighted by Crippen LogP contribution is -2.40. The molecule has 0 aromatic heterocycles. The van der Waals surface area contributed by atoms with Gasteiger partial charge < -0.3 is 16.2 Å². The van der Waals surface area contributed by atoms with Crippen molar-refractivity contribution < 1.29 is 23.1 Å². The van der Waals surface area contributed by atoms with E-state index in [0.717, 1.165) is 6.26 Å². The van der Waals surface area contributed by atoms with Crippen molar-refractivity contribution in [2.45, 2.75) is 12.5 Å². The molecule has 0 aromatic carbocycles. The second-order valence-electron chi connectivity index (χ2n) is 3.10. The van der Waals surface area contributed by atoms with Crippen molar-refractivity contribution in [3.63, 3.8) is 0 Å². The molecule has 88 valence electrons. The highest BCUT2D eigenvalue weighted by Crippen LogP contribution is 1.89. The summed E-state index contributed by atoms with van der Waals surface area (Å²) < 4.78 is 21.4. The van der Waals surface area contributed by atoms with Crippen LogP contribution in [-0.2, 0) is 19.4 Å². The minimum Gasteiger partial charge on any atom is -0.381 e. The maximum absolute atomic E-state index is 11.0. The van der Waals surface area contributed by atoms with Gasteiger partial charge in [-0.2, -0.15) is 0 Å². The fourth-order valence-electron chi connectivity index (χ4n) is 0.678. The van der Waals surface area contributed by atoms with Crippen LogP contribution in [0.4, 0.5) is 0 Å². The van der Waals surface area contributed by atoms with Crippen LogP contribution in [-0.4, -0.2) is 50.0 Å². The highest BCUT2D eigenvalue weighted by Gasteiger charge is 2.13. The summed E-state index contributed by atoms with van der Waals surface area (Å²) in [5, 5.41) is 11.1. The summed E-state index contributed by atoms with van der Waals surface area (Å²) in [5.41, 5.74) is 4.73. The summed E-state index contributed by atoms with van der Waals surface area (Å²) in [5.74, 6) is -1.77. The standard InChI is InChI=1S/C7H14N2O5S/c1-15(13,14)3-2-6(11)9-4-5(10)7(8)12/h5,10H,2-4H2,1H3,(H2,8,12)(H,9,11). The summed E-state index contributed by atoms with van der Waals surface area (Å²) in [6.45, 7) is -0.308. The van der Waals surface area contributed by atoms with Crippen LogP contribution in [0.15, 0.2) is 0 Å². The molecular formula is C7H14N2O5S. The first-order valence-electron chi connectivity index (χ1n) is 4.14. The first-order chi connectivity index (χ1) is 6.72. The van der Waals surface area contributed by atoms with Gasteiger partial charge in [-0.3, -0.25) is 9.59 Å². The third kappa shape index (κ3) is 7.89. The summed E-state index contributed by atoms with van der Waals surface area (Å²) in [4.78, 5) is 21.3. The molecule has 0 aliphatic carbocycles. The van der Waals surface area contributed by atoms with E-state index in [1.54, 1.807) is 0 Å². The molecule has 7 nitrogen and oxygen atoms in total. The van der Waals surface area contributed by atoms with Crippen LogP contribution in [0.5, 0.6) is 0 Å². The van der Waals surface area contributed by atoms with Crippen molar-refractivity contribution in [1.82, 2.24) is 5.32 Å². The quantitative estimate of drug-likeness (QED) is 0.467. The Labute approximate surface area is 87.6 Å². The maximum Gasteiger partial charge on any atom is 0.248 e. The molecule has 15 heavy (non-hydrogen) atoms. The average Bonchev–Trinajstić information content (AvgIpc) is 2.09. The van der Waals surface area contributed by atoms with Crippen LogP contribution >= 0.6 is 0 Å². The number of hydrogen-bond donors (Lipinski definition) is 3. The van der Waals surface area contributed by atoms with Crippen molar-refractivity contribution in [1.29, 1.82) is 0 Å². The Hall–Kier alpha value is -1.15. The van der Waals surface area contributed by atoms with E-state index in [9.17, 15) is 18.0 Å². The van der Waals surface area contributed by atoms with Crippen molar-refractivity contribution in [2.75, 3.05) is 18.6 Å². The number of aliphatic hydroxyl groups excluding tert-OH is 1. The predicted molar refractivity (Wildman–Crippen MR) is 52.5 cm³/mol. The average molecular weight is 238 g/mol. The van der Waals surface area contributed by atoms with Crippen LogP contribution in [0.25, 0.3) is 0 Å². The molecule has 0 saturated heterocycles. The molecule has 1 unspecified atom stereocenters. The first kappa shape index (κ1) is 13.8. The van der Waals surface area contributed by atoms with Crippen LogP contribution in [0, 0.1) is 0 Å². The van der Waals surface area contributed by atoms with E-state index < -0.39 is 27.8 Å². The van der Waals surface area contributed by atoms with Gasteiger partial charge in [0.05, 0.1) is 12.3 Å². The fraction of sp³-hybridized carbons (Fsp3) is 0.714. The van der Waals surface area contributed by atoms with E-state index in [1.165, 1.54) is 0 Å². The SMILES string of the molecule is CS(=O)(=O)CCC(=O)NCC(O)C(N)=O. The summed E-state index contributed by atoms with van der Waals surface area (Å²) in [7, 11) is -3.19. The molecule has 0 spiro atoms. The van der Waals surface area contributed by atoms with Gasteiger partial charge in [0.15, 0.2) is 0 Å². The Morgan fingerprint density at radius 3 is 2.40 bits per heavy atom. The minimum absolute atomic E-state index is 0.204. The molecule has 0 saturated carbocycles. The summed E-state index contributed by atoms with van der Waals surface area (Å²) >= 11 is 0. The van der Waals surface area contributed by atoms with Gasteiger partial charge in [0.1, 0.15) is 15.9 Å². The number of rotatable bonds is 6. The van der Waals surface area contributed by atoms with Gasteiger partial charge in [-0.1, -0.05) is 0 Å². The minimum atomic E-state index is -3.19. The number of amides is 2. The van der Waals surface area contributed by atoms with E-state index in [1.807, 2.05) is 0 Å². The Morgan fingerprint density at radius 1 is 1.47 bits per heavy atom. The predicted octanol–water partition coefficient (Wildman–Crippen LogP) is -2.62. The van der Waals surface area contributed by atoms with Crippen molar-refractivity contribution in [3.05, 3.63) is 0 Å². The Morgan fingerprint density at radius 2 is 2.00 bits per heavy atom. The van der Waals surface area contributed by atoms with E-state index in [4.69, 9.17) is 10.8 Å². The molecule has 1 atom stereocenters. The third-order valence-electron chi connectivity index (χ3n) is 1.52. The number of sulfone groups is 1. The maximum atomic E-state index is 11.0. The summed E-state index contributed by atoms with van der Waals surface area (Å²) in [6, 6.07) is 0. The second-order valence-corrected chi connectivity index (χ2v) is 5.36. The Kier molecular flexibility index (Phi) is 5.23. The van der Waals surface area contributed by atoms with Gasteiger partial charge in [-0.25, -0.2) is 8.42 Å². The van der Waals surface area contributed by atoms with Gasteiger partial charge in [0.2, 0.25) is 11.8 Å². The molecule has 0 aromatic rings. The number of carbonyl (C=O) groups excluding carboxylic acids is 2. The molecular weight excluding hydrogens is 224 g/mol. The lowest BCUT2D eigenvalue weighted by molar-refractivity contribution is -0.126. The monoisotopic (exact) mass is 238 g/mol. The highest BCUT2D eigenvalue weighted by molar-refractivity contribution is 7.90. The van der Waals surface area contributed by atoms with Crippen LogP contribution in [0.3, 0.4) is 0 Å². The normalized spacial score (nSPS) is 13.2. The van der Waals surface area contributed by atoms with E-state index in [2.05, 4.69) is 5.32 Å². The summed E-state index contributed by atoms with van der Waals surface area (Å²) in [6.07, 6.45) is -0.643. The lowest BCUT2D eigenvalue weighted by Gasteiger charge is -2.07. The highest BCUT2D eigenvalue weighted by atomic mass is 32.2.